The van der Waals surface area contributed by atoms with Gasteiger partial charge >= 0.3 is 0 Å². The summed E-state index contributed by atoms with van der Waals surface area (Å²) in [6.07, 6.45) is 5.36. The van der Waals surface area contributed by atoms with Crippen molar-refractivity contribution in [3.05, 3.63) is 65.6 Å². The standard InChI is InChI=1S/C23H28N6O/c1-16-9-10-20(29-25-11-12-26-29)19(14-16)23(30)28-13-5-6-17(2)21(28)15-24-22-8-4-7-18(3)27-22/h4,7-12,14,17,21H,5-6,13,15H2,1-3H3,(H,24,27)/t17-,21-/m1/s1. The molecule has 1 aliphatic heterocycles. The number of likely N-dealkylation sites (tertiary alicyclic amines) is 1. The lowest BCUT2D eigenvalue weighted by Gasteiger charge is -2.40. The summed E-state index contributed by atoms with van der Waals surface area (Å²) in [5, 5.41) is 11.9. The second kappa shape index (κ2) is 8.65. The topological polar surface area (TPSA) is 75.9 Å². The average molecular weight is 405 g/mol. The monoisotopic (exact) mass is 404 g/mol. The molecule has 1 amide bonds. The fourth-order valence-corrected chi connectivity index (χ4v) is 4.15. The van der Waals surface area contributed by atoms with E-state index < -0.39 is 0 Å². The number of carbonyl (C=O) groups is 1. The van der Waals surface area contributed by atoms with Gasteiger partial charge in [-0.05, 0) is 56.9 Å². The van der Waals surface area contributed by atoms with Crippen molar-refractivity contribution >= 4 is 11.7 Å². The fourth-order valence-electron chi connectivity index (χ4n) is 4.15. The summed E-state index contributed by atoms with van der Waals surface area (Å²) in [7, 11) is 0. The van der Waals surface area contributed by atoms with Gasteiger partial charge in [-0.15, -0.1) is 0 Å². The second-order valence-corrected chi connectivity index (χ2v) is 8.07. The summed E-state index contributed by atoms with van der Waals surface area (Å²) in [5.41, 5.74) is 3.36. The smallest absolute Gasteiger partial charge is 0.256 e. The highest BCUT2D eigenvalue weighted by Crippen LogP contribution is 2.27. The van der Waals surface area contributed by atoms with Gasteiger partial charge in [-0.25, -0.2) is 4.98 Å². The molecule has 0 unspecified atom stereocenters. The summed E-state index contributed by atoms with van der Waals surface area (Å²) < 4.78 is 0. The zero-order valence-electron chi connectivity index (χ0n) is 17.7. The van der Waals surface area contributed by atoms with E-state index in [9.17, 15) is 4.79 Å². The summed E-state index contributed by atoms with van der Waals surface area (Å²) in [6.45, 7) is 7.62. The van der Waals surface area contributed by atoms with Crippen LogP contribution in [0.2, 0.25) is 0 Å². The number of nitrogens with zero attached hydrogens (tertiary/aromatic N) is 5. The number of anilines is 1. The van der Waals surface area contributed by atoms with E-state index in [0.717, 1.165) is 36.5 Å². The highest BCUT2D eigenvalue weighted by Gasteiger charge is 2.33. The van der Waals surface area contributed by atoms with Gasteiger partial charge in [-0.2, -0.15) is 15.0 Å². The summed E-state index contributed by atoms with van der Waals surface area (Å²) in [4.78, 5) is 21.8. The number of aryl methyl sites for hydroxylation is 2. The molecule has 0 spiro atoms. The van der Waals surface area contributed by atoms with Gasteiger partial charge in [0.2, 0.25) is 0 Å². The van der Waals surface area contributed by atoms with E-state index in [1.54, 1.807) is 12.4 Å². The molecule has 0 bridgehead atoms. The molecule has 1 aliphatic rings. The van der Waals surface area contributed by atoms with E-state index in [2.05, 4.69) is 27.4 Å². The molecule has 1 fully saturated rings. The van der Waals surface area contributed by atoms with E-state index in [1.165, 1.54) is 4.80 Å². The Morgan fingerprint density at radius 2 is 1.97 bits per heavy atom. The van der Waals surface area contributed by atoms with Gasteiger partial charge in [0.05, 0.1) is 29.7 Å². The molecule has 0 radical (unpaired) electrons. The Bertz CT molecular complexity index is 1020. The molecule has 0 saturated carbocycles. The van der Waals surface area contributed by atoms with Crippen LogP contribution in [0, 0.1) is 19.8 Å². The Balaban J connectivity index is 1.61. The maximum Gasteiger partial charge on any atom is 0.256 e. The quantitative estimate of drug-likeness (QED) is 0.703. The van der Waals surface area contributed by atoms with Crippen LogP contribution in [-0.2, 0) is 0 Å². The molecule has 2 aromatic heterocycles. The molecule has 3 aromatic rings. The number of amides is 1. The number of piperidine rings is 1. The largest absolute Gasteiger partial charge is 0.368 e. The molecule has 0 aliphatic carbocycles. The molecule has 1 aromatic carbocycles. The summed E-state index contributed by atoms with van der Waals surface area (Å²) >= 11 is 0. The van der Waals surface area contributed by atoms with Crippen LogP contribution >= 0.6 is 0 Å². The Hall–Kier alpha value is -3.22. The Kier molecular flexibility index (Phi) is 5.79. The first kappa shape index (κ1) is 20.1. The minimum Gasteiger partial charge on any atom is -0.368 e. The number of nitrogens with one attached hydrogen (secondary N) is 1. The van der Waals surface area contributed by atoms with Gasteiger partial charge in [0.1, 0.15) is 5.82 Å². The molecule has 3 heterocycles. The van der Waals surface area contributed by atoms with Crippen LogP contribution in [-0.4, -0.2) is 49.9 Å². The minimum atomic E-state index is 0.0292. The summed E-state index contributed by atoms with van der Waals surface area (Å²) in [6, 6.07) is 11.9. The molecule has 156 valence electrons. The van der Waals surface area contributed by atoms with Crippen LogP contribution < -0.4 is 5.32 Å². The van der Waals surface area contributed by atoms with Crippen molar-refractivity contribution in [1.29, 1.82) is 0 Å². The fraction of sp³-hybridized carbons (Fsp3) is 0.391. The van der Waals surface area contributed by atoms with Gasteiger partial charge in [0, 0.05) is 18.8 Å². The zero-order chi connectivity index (χ0) is 21.1. The van der Waals surface area contributed by atoms with E-state index >= 15 is 0 Å². The minimum absolute atomic E-state index is 0.0292. The summed E-state index contributed by atoms with van der Waals surface area (Å²) in [5.74, 6) is 1.27. The van der Waals surface area contributed by atoms with Crippen molar-refractivity contribution in [3.8, 4) is 5.69 Å². The van der Waals surface area contributed by atoms with Crippen molar-refractivity contribution in [2.24, 2.45) is 5.92 Å². The molecular weight excluding hydrogens is 376 g/mol. The van der Waals surface area contributed by atoms with Gasteiger partial charge in [-0.1, -0.05) is 24.6 Å². The number of hydrogen-bond acceptors (Lipinski definition) is 5. The van der Waals surface area contributed by atoms with Crippen molar-refractivity contribution in [3.63, 3.8) is 0 Å². The lowest BCUT2D eigenvalue weighted by Crippen LogP contribution is -2.51. The van der Waals surface area contributed by atoms with Crippen LogP contribution in [0.25, 0.3) is 5.69 Å². The van der Waals surface area contributed by atoms with Gasteiger partial charge in [-0.3, -0.25) is 4.79 Å². The van der Waals surface area contributed by atoms with Crippen LogP contribution in [0.1, 0.15) is 41.4 Å². The van der Waals surface area contributed by atoms with Crippen LogP contribution in [0.5, 0.6) is 0 Å². The lowest BCUT2D eigenvalue weighted by molar-refractivity contribution is 0.0539. The maximum absolute atomic E-state index is 13.7. The van der Waals surface area contributed by atoms with E-state index in [0.29, 0.717) is 23.7 Å². The molecule has 7 nitrogen and oxygen atoms in total. The SMILES string of the molecule is Cc1ccc(-n2nccn2)c(C(=O)N2CCC[C@@H](C)[C@H]2CNc2cccc(C)n2)c1. The number of pyridine rings is 1. The van der Waals surface area contributed by atoms with Crippen LogP contribution in [0.15, 0.2) is 48.8 Å². The van der Waals surface area contributed by atoms with E-state index in [4.69, 9.17) is 0 Å². The number of rotatable bonds is 5. The first-order chi connectivity index (χ1) is 14.5. The Morgan fingerprint density at radius 3 is 2.73 bits per heavy atom. The molecular formula is C23H28N6O. The molecule has 1 N–H and O–H groups in total. The Labute approximate surface area is 177 Å². The molecule has 7 heteroatoms. The van der Waals surface area contributed by atoms with Crippen LogP contribution in [0.4, 0.5) is 5.82 Å². The third kappa shape index (κ3) is 4.20. The van der Waals surface area contributed by atoms with Crippen molar-refractivity contribution in [1.82, 2.24) is 24.9 Å². The number of aromatic nitrogens is 4. The van der Waals surface area contributed by atoms with Crippen molar-refractivity contribution < 1.29 is 4.79 Å². The van der Waals surface area contributed by atoms with Crippen LogP contribution in [0.3, 0.4) is 0 Å². The third-order valence-corrected chi connectivity index (χ3v) is 5.77. The van der Waals surface area contributed by atoms with Crippen molar-refractivity contribution in [2.45, 2.75) is 39.7 Å². The lowest BCUT2D eigenvalue weighted by atomic mass is 9.89. The Morgan fingerprint density at radius 1 is 1.17 bits per heavy atom. The first-order valence-corrected chi connectivity index (χ1v) is 10.5. The molecule has 2 atom stereocenters. The van der Waals surface area contributed by atoms with Gasteiger partial charge < -0.3 is 10.2 Å². The maximum atomic E-state index is 13.7. The van der Waals surface area contributed by atoms with E-state index in [-0.39, 0.29) is 11.9 Å². The number of benzene rings is 1. The van der Waals surface area contributed by atoms with Crippen molar-refractivity contribution in [2.75, 3.05) is 18.4 Å². The van der Waals surface area contributed by atoms with Gasteiger partial charge in [0.25, 0.3) is 5.91 Å². The molecule has 4 rings (SSSR count). The normalized spacial score (nSPS) is 19.0. The second-order valence-electron chi connectivity index (χ2n) is 8.07. The van der Waals surface area contributed by atoms with E-state index in [1.807, 2.05) is 55.1 Å². The van der Waals surface area contributed by atoms with Gasteiger partial charge in [0.15, 0.2) is 0 Å². The molecule has 1 saturated heterocycles. The zero-order valence-corrected chi connectivity index (χ0v) is 17.7. The molecule has 30 heavy (non-hydrogen) atoms. The third-order valence-electron chi connectivity index (χ3n) is 5.77. The number of carbonyl (C=O) groups excluding carboxylic acids is 1. The number of hydrogen-bond donors (Lipinski definition) is 1. The average Bonchev–Trinajstić information content (AvgIpc) is 3.27. The predicted octanol–water partition coefficient (Wildman–Crippen LogP) is 3.63. The first-order valence-electron chi connectivity index (χ1n) is 10.5. The highest BCUT2D eigenvalue weighted by molar-refractivity contribution is 5.98. The predicted molar refractivity (Wildman–Crippen MR) is 117 cm³/mol. The highest BCUT2D eigenvalue weighted by atomic mass is 16.2.